The zero-order chi connectivity index (χ0) is 20.3. The van der Waals surface area contributed by atoms with E-state index in [1.54, 1.807) is 26.3 Å². The Morgan fingerprint density at radius 2 is 1.58 bits per heavy atom. The molecule has 0 aliphatic carbocycles. The van der Waals surface area contributed by atoms with Crippen LogP contribution in [0.3, 0.4) is 0 Å². The summed E-state index contributed by atoms with van der Waals surface area (Å²) < 4.78 is 0. The minimum Gasteiger partial charge on any atom is -0.299 e. The van der Waals surface area contributed by atoms with Crippen LogP contribution in [0.1, 0.15) is 61.3 Å². The van der Waals surface area contributed by atoms with Crippen molar-refractivity contribution in [3.63, 3.8) is 0 Å². The Labute approximate surface area is 158 Å². The predicted molar refractivity (Wildman–Crippen MR) is 112 cm³/mol. The highest BCUT2D eigenvalue weighted by Crippen LogP contribution is 2.12. The first-order valence-electron chi connectivity index (χ1n) is 8.99. The maximum atomic E-state index is 11.9. The van der Waals surface area contributed by atoms with Crippen LogP contribution >= 0.6 is 0 Å². The normalized spacial score (nSPS) is 15.3. The van der Waals surface area contributed by atoms with E-state index in [2.05, 4.69) is 16.8 Å². The Bertz CT molecular complexity index is 689. The molecule has 0 aliphatic rings. The Morgan fingerprint density at radius 1 is 1.00 bits per heavy atom. The van der Waals surface area contributed by atoms with Crippen molar-refractivity contribution in [3.8, 4) is 0 Å². The fraction of sp³-hybridized carbons (Fsp3) is 0.455. The van der Waals surface area contributed by atoms with Crippen LogP contribution in [0.4, 0.5) is 0 Å². The molecular formula is C22H32N2O2. The van der Waals surface area contributed by atoms with Gasteiger partial charge in [0, 0.05) is 12.3 Å². The van der Waals surface area contributed by atoms with Crippen molar-refractivity contribution in [3.05, 3.63) is 46.6 Å². The van der Waals surface area contributed by atoms with Gasteiger partial charge in [0.2, 0.25) is 0 Å². The molecule has 1 atom stereocenters. The van der Waals surface area contributed by atoms with Gasteiger partial charge >= 0.3 is 0 Å². The van der Waals surface area contributed by atoms with Gasteiger partial charge in [-0.25, -0.2) is 0 Å². The molecule has 0 saturated heterocycles. The SMILES string of the molecule is C=C(C)C(=O)/C(C)=C(C)/C=C(\C)C=NN=C/C(=C/C(C)C(=O)CC)CC. The highest BCUT2D eigenvalue weighted by atomic mass is 16.1. The summed E-state index contributed by atoms with van der Waals surface area (Å²) >= 11 is 0. The van der Waals surface area contributed by atoms with Crippen LogP contribution in [0.15, 0.2) is 56.8 Å². The number of hydrogen-bond donors (Lipinski definition) is 0. The van der Waals surface area contributed by atoms with Gasteiger partial charge in [0.05, 0.1) is 12.4 Å². The second-order valence-electron chi connectivity index (χ2n) is 6.50. The summed E-state index contributed by atoms with van der Waals surface area (Å²) in [7, 11) is 0. The van der Waals surface area contributed by atoms with Gasteiger partial charge in [-0.2, -0.15) is 10.2 Å². The van der Waals surface area contributed by atoms with Crippen molar-refractivity contribution in [2.75, 3.05) is 0 Å². The molecule has 0 aliphatic heterocycles. The third-order valence-electron chi connectivity index (χ3n) is 4.04. The molecule has 0 spiro atoms. The maximum absolute atomic E-state index is 11.9. The molecule has 26 heavy (non-hydrogen) atoms. The zero-order valence-electron chi connectivity index (χ0n) is 17.2. The number of rotatable bonds is 10. The van der Waals surface area contributed by atoms with Crippen molar-refractivity contribution in [1.82, 2.24) is 0 Å². The molecule has 0 N–H and O–H groups in total. The van der Waals surface area contributed by atoms with Crippen LogP contribution < -0.4 is 0 Å². The topological polar surface area (TPSA) is 58.9 Å². The van der Waals surface area contributed by atoms with E-state index in [1.165, 1.54) is 0 Å². The van der Waals surface area contributed by atoms with Crippen LogP contribution in [0, 0.1) is 5.92 Å². The third-order valence-corrected chi connectivity index (χ3v) is 4.04. The van der Waals surface area contributed by atoms with Crippen LogP contribution in [0.25, 0.3) is 0 Å². The summed E-state index contributed by atoms with van der Waals surface area (Å²) in [6, 6.07) is 0. The smallest absolute Gasteiger partial charge is 0.184 e. The Balaban J connectivity index is 5.10. The number of nitrogens with zero attached hydrogens (tertiary/aromatic N) is 2. The van der Waals surface area contributed by atoms with Crippen LogP contribution in [0.2, 0.25) is 0 Å². The summed E-state index contributed by atoms with van der Waals surface area (Å²) in [5.74, 6) is 0.0807. The van der Waals surface area contributed by atoms with Gasteiger partial charge in [0.25, 0.3) is 0 Å². The first-order valence-corrected chi connectivity index (χ1v) is 8.99. The van der Waals surface area contributed by atoms with Gasteiger partial charge < -0.3 is 0 Å². The molecule has 142 valence electrons. The second kappa shape index (κ2) is 12.1. The molecule has 0 aromatic carbocycles. The fourth-order valence-corrected chi connectivity index (χ4v) is 2.21. The Morgan fingerprint density at radius 3 is 2.08 bits per heavy atom. The fourth-order valence-electron chi connectivity index (χ4n) is 2.21. The number of carbonyl (C=O) groups is 2. The predicted octanol–water partition coefficient (Wildman–Crippen LogP) is 5.42. The molecule has 0 amide bonds. The number of ketones is 2. The summed E-state index contributed by atoms with van der Waals surface area (Å²) in [6.45, 7) is 16.8. The molecule has 0 rings (SSSR count). The Kier molecular flexibility index (Phi) is 11.0. The van der Waals surface area contributed by atoms with Gasteiger partial charge in [-0.3, -0.25) is 9.59 Å². The van der Waals surface area contributed by atoms with E-state index in [4.69, 9.17) is 0 Å². The minimum absolute atomic E-state index is 0.0324. The number of Topliss-reactive ketones (excluding diaryl/α,β-unsaturated/α-hetero) is 2. The molecule has 0 radical (unpaired) electrons. The molecule has 0 aromatic heterocycles. The first kappa shape index (κ1) is 23.6. The second-order valence-corrected chi connectivity index (χ2v) is 6.50. The molecule has 0 aromatic rings. The van der Waals surface area contributed by atoms with Crippen molar-refractivity contribution in [2.24, 2.45) is 16.1 Å². The number of hydrogen-bond acceptors (Lipinski definition) is 4. The maximum Gasteiger partial charge on any atom is 0.184 e. The van der Waals surface area contributed by atoms with Crippen LogP contribution in [0.5, 0.6) is 0 Å². The molecular weight excluding hydrogens is 324 g/mol. The summed E-state index contributed by atoms with van der Waals surface area (Å²) in [5.41, 5.74) is 3.97. The lowest BCUT2D eigenvalue weighted by atomic mass is 10.0. The zero-order valence-corrected chi connectivity index (χ0v) is 17.2. The number of allylic oxidation sites excluding steroid dienone is 7. The number of carbonyl (C=O) groups excluding carboxylic acids is 2. The van der Waals surface area contributed by atoms with Gasteiger partial charge in [-0.15, -0.1) is 0 Å². The first-order chi connectivity index (χ1) is 12.1. The van der Waals surface area contributed by atoms with Crippen LogP contribution in [-0.4, -0.2) is 24.0 Å². The molecule has 4 heteroatoms. The third kappa shape index (κ3) is 8.65. The van der Waals surface area contributed by atoms with Crippen molar-refractivity contribution in [2.45, 2.75) is 61.3 Å². The van der Waals surface area contributed by atoms with Gasteiger partial charge in [0.1, 0.15) is 5.78 Å². The van der Waals surface area contributed by atoms with Crippen molar-refractivity contribution < 1.29 is 9.59 Å². The molecule has 1 unspecified atom stereocenters. The lowest BCUT2D eigenvalue weighted by Gasteiger charge is -2.04. The molecule has 0 bridgehead atoms. The average molecular weight is 357 g/mol. The highest BCUT2D eigenvalue weighted by molar-refractivity contribution is 6.07. The van der Waals surface area contributed by atoms with Crippen molar-refractivity contribution >= 4 is 24.0 Å². The molecule has 4 nitrogen and oxygen atoms in total. The summed E-state index contributed by atoms with van der Waals surface area (Å²) in [4.78, 5) is 23.6. The average Bonchev–Trinajstić information content (AvgIpc) is 2.61. The molecule has 0 heterocycles. The molecule has 0 saturated carbocycles. The van der Waals surface area contributed by atoms with E-state index in [-0.39, 0.29) is 17.5 Å². The highest BCUT2D eigenvalue weighted by Gasteiger charge is 2.08. The van der Waals surface area contributed by atoms with E-state index >= 15 is 0 Å². The molecule has 0 fully saturated rings. The lowest BCUT2D eigenvalue weighted by Crippen LogP contribution is -2.07. The van der Waals surface area contributed by atoms with Crippen molar-refractivity contribution in [1.29, 1.82) is 0 Å². The summed E-state index contributed by atoms with van der Waals surface area (Å²) in [6.07, 6.45) is 8.49. The lowest BCUT2D eigenvalue weighted by molar-refractivity contribution is -0.120. The van der Waals surface area contributed by atoms with Crippen LogP contribution in [-0.2, 0) is 9.59 Å². The van der Waals surface area contributed by atoms with Gasteiger partial charge in [-0.1, -0.05) is 39.5 Å². The quantitative estimate of drug-likeness (QED) is 0.227. The van der Waals surface area contributed by atoms with E-state index in [0.717, 1.165) is 23.1 Å². The largest absolute Gasteiger partial charge is 0.299 e. The minimum atomic E-state index is -0.103. The standard InChI is InChI=1S/C22H32N2O2/c1-9-20(12-18(7)21(25)10-2)14-24-23-13-16(5)11-17(6)19(8)22(26)15(3)4/h11-14,18H,3,9-10H2,1-2,4-8H3/b16-11+,19-17+,20-12+,23-13?,24-14?. The van der Waals surface area contributed by atoms with E-state index < -0.39 is 0 Å². The van der Waals surface area contributed by atoms with E-state index in [9.17, 15) is 9.59 Å². The monoisotopic (exact) mass is 356 g/mol. The van der Waals surface area contributed by atoms with E-state index in [0.29, 0.717) is 17.6 Å². The Hall–Kier alpha value is -2.36. The summed E-state index contributed by atoms with van der Waals surface area (Å²) in [5, 5.41) is 8.11. The van der Waals surface area contributed by atoms with Gasteiger partial charge in [-0.05, 0) is 62.0 Å². The van der Waals surface area contributed by atoms with E-state index in [1.807, 2.05) is 46.8 Å². The van der Waals surface area contributed by atoms with Gasteiger partial charge in [0.15, 0.2) is 5.78 Å².